The van der Waals surface area contributed by atoms with Gasteiger partial charge in [-0.15, -0.1) is 0 Å². The van der Waals surface area contributed by atoms with E-state index in [1.165, 1.54) is 30.3 Å². The van der Waals surface area contributed by atoms with Crippen LogP contribution in [0.2, 0.25) is 0 Å². The minimum absolute atomic E-state index is 0.0732. The van der Waals surface area contributed by atoms with E-state index in [-0.39, 0.29) is 11.1 Å². The van der Waals surface area contributed by atoms with E-state index >= 15 is 0 Å². The summed E-state index contributed by atoms with van der Waals surface area (Å²) in [6.45, 7) is 2.39. The lowest BCUT2D eigenvalue weighted by Gasteiger charge is -2.06. The van der Waals surface area contributed by atoms with Gasteiger partial charge in [0.1, 0.15) is 17.4 Å². The van der Waals surface area contributed by atoms with Crippen LogP contribution in [0.25, 0.3) is 6.08 Å². The molecule has 0 aromatic heterocycles. The number of hydrogen-bond donors (Lipinski definition) is 2. The van der Waals surface area contributed by atoms with Gasteiger partial charge in [0.25, 0.3) is 5.91 Å². The third-order valence-corrected chi connectivity index (χ3v) is 3.23. The van der Waals surface area contributed by atoms with E-state index in [1.54, 1.807) is 24.3 Å². The summed E-state index contributed by atoms with van der Waals surface area (Å²) in [7, 11) is 0. The van der Waals surface area contributed by atoms with Gasteiger partial charge in [-0.3, -0.25) is 4.79 Å². The van der Waals surface area contributed by atoms with Crippen LogP contribution in [0.3, 0.4) is 0 Å². The van der Waals surface area contributed by atoms with Crippen LogP contribution in [0, 0.1) is 11.3 Å². The fourth-order valence-corrected chi connectivity index (χ4v) is 2.07. The SMILES string of the molecule is CCOc1cccc(/C=C(\C#N)C(=O)Nc2ccc(C(=O)O)cc2)c1. The van der Waals surface area contributed by atoms with Crippen molar-refractivity contribution in [3.63, 3.8) is 0 Å². The smallest absolute Gasteiger partial charge is 0.335 e. The molecule has 6 nitrogen and oxygen atoms in total. The fourth-order valence-electron chi connectivity index (χ4n) is 2.07. The average molecular weight is 336 g/mol. The maximum atomic E-state index is 12.2. The second-order valence-corrected chi connectivity index (χ2v) is 5.01. The Balaban J connectivity index is 2.16. The molecule has 2 aromatic carbocycles. The molecule has 25 heavy (non-hydrogen) atoms. The fraction of sp³-hybridized carbons (Fsp3) is 0.105. The highest BCUT2D eigenvalue weighted by atomic mass is 16.5. The quantitative estimate of drug-likeness (QED) is 0.622. The zero-order chi connectivity index (χ0) is 18.2. The van der Waals surface area contributed by atoms with Crippen LogP contribution in [-0.4, -0.2) is 23.6 Å². The number of nitriles is 1. The van der Waals surface area contributed by atoms with Gasteiger partial charge in [0, 0.05) is 5.69 Å². The molecule has 0 aliphatic heterocycles. The Labute approximate surface area is 145 Å². The van der Waals surface area contributed by atoms with Gasteiger partial charge in [-0.25, -0.2) is 4.79 Å². The Morgan fingerprint density at radius 2 is 1.96 bits per heavy atom. The highest BCUT2D eigenvalue weighted by molar-refractivity contribution is 6.09. The lowest BCUT2D eigenvalue weighted by molar-refractivity contribution is -0.112. The molecule has 2 rings (SSSR count). The number of amides is 1. The molecule has 0 saturated carbocycles. The molecule has 0 heterocycles. The molecule has 0 bridgehead atoms. The first-order chi connectivity index (χ1) is 12.0. The first kappa shape index (κ1) is 17.8. The summed E-state index contributed by atoms with van der Waals surface area (Å²) < 4.78 is 5.39. The Morgan fingerprint density at radius 1 is 1.24 bits per heavy atom. The number of hydrogen-bond acceptors (Lipinski definition) is 4. The van der Waals surface area contributed by atoms with Gasteiger partial charge < -0.3 is 15.2 Å². The number of carboxylic acid groups (broad SMARTS) is 1. The number of anilines is 1. The molecule has 0 aliphatic rings. The van der Waals surface area contributed by atoms with Crippen LogP contribution in [0.1, 0.15) is 22.8 Å². The zero-order valence-corrected chi connectivity index (χ0v) is 13.5. The molecule has 6 heteroatoms. The number of nitrogens with one attached hydrogen (secondary N) is 1. The Bertz CT molecular complexity index is 848. The van der Waals surface area contributed by atoms with Crippen LogP contribution in [0.15, 0.2) is 54.1 Å². The summed E-state index contributed by atoms with van der Waals surface area (Å²) in [6.07, 6.45) is 1.46. The van der Waals surface area contributed by atoms with Gasteiger partial charge >= 0.3 is 5.97 Å². The molecule has 1 amide bonds. The van der Waals surface area contributed by atoms with Gasteiger partial charge in [0.05, 0.1) is 12.2 Å². The Kier molecular flexibility index (Phi) is 5.91. The monoisotopic (exact) mass is 336 g/mol. The predicted octanol–water partition coefficient (Wildman–Crippen LogP) is 3.33. The molecule has 0 aliphatic carbocycles. The van der Waals surface area contributed by atoms with Gasteiger partial charge in [-0.1, -0.05) is 12.1 Å². The van der Waals surface area contributed by atoms with Gasteiger partial charge in [-0.05, 0) is 55.0 Å². The van der Waals surface area contributed by atoms with Crippen molar-refractivity contribution < 1.29 is 19.4 Å². The maximum Gasteiger partial charge on any atom is 0.335 e. The van der Waals surface area contributed by atoms with Gasteiger partial charge in [0.2, 0.25) is 0 Å². The van der Waals surface area contributed by atoms with Gasteiger partial charge in [-0.2, -0.15) is 5.26 Å². The second kappa shape index (κ2) is 8.31. The Morgan fingerprint density at radius 3 is 2.56 bits per heavy atom. The number of benzene rings is 2. The molecular weight excluding hydrogens is 320 g/mol. The Hall–Kier alpha value is -3.59. The minimum Gasteiger partial charge on any atom is -0.494 e. The normalized spacial score (nSPS) is 10.6. The first-order valence-electron chi connectivity index (χ1n) is 7.53. The van der Waals surface area contributed by atoms with Crippen molar-refractivity contribution in [3.8, 4) is 11.8 Å². The molecular formula is C19H16N2O4. The highest BCUT2D eigenvalue weighted by Crippen LogP contribution is 2.17. The third-order valence-electron chi connectivity index (χ3n) is 3.23. The van der Waals surface area contributed by atoms with Crippen LogP contribution < -0.4 is 10.1 Å². The second-order valence-electron chi connectivity index (χ2n) is 5.01. The van der Waals surface area contributed by atoms with Crippen molar-refractivity contribution in [3.05, 3.63) is 65.2 Å². The van der Waals surface area contributed by atoms with Crippen LogP contribution in [-0.2, 0) is 4.79 Å². The minimum atomic E-state index is -1.05. The van der Waals surface area contributed by atoms with E-state index in [0.29, 0.717) is 23.6 Å². The number of carboxylic acids is 1. The first-order valence-corrected chi connectivity index (χ1v) is 7.53. The number of carbonyl (C=O) groups excluding carboxylic acids is 1. The molecule has 0 atom stereocenters. The number of rotatable bonds is 6. The molecule has 0 saturated heterocycles. The standard InChI is InChI=1S/C19H16N2O4/c1-2-25-17-5-3-4-13(11-17)10-15(12-20)18(22)21-16-8-6-14(7-9-16)19(23)24/h3-11H,2H2,1H3,(H,21,22)(H,23,24)/b15-10+. The summed E-state index contributed by atoms with van der Waals surface area (Å²) in [5.41, 5.74) is 1.11. The van der Waals surface area contributed by atoms with E-state index in [4.69, 9.17) is 9.84 Å². The van der Waals surface area contributed by atoms with Crippen molar-refractivity contribution in [1.82, 2.24) is 0 Å². The van der Waals surface area contributed by atoms with Crippen molar-refractivity contribution >= 4 is 23.6 Å². The average Bonchev–Trinajstić information content (AvgIpc) is 2.60. The van der Waals surface area contributed by atoms with E-state index in [2.05, 4.69) is 5.32 Å². The summed E-state index contributed by atoms with van der Waals surface area (Å²) in [5, 5.41) is 20.7. The number of carbonyl (C=O) groups is 2. The van der Waals surface area contributed by atoms with Crippen molar-refractivity contribution in [1.29, 1.82) is 5.26 Å². The molecule has 0 radical (unpaired) electrons. The van der Waals surface area contributed by atoms with Crippen molar-refractivity contribution in [2.24, 2.45) is 0 Å². The van der Waals surface area contributed by atoms with Crippen molar-refractivity contribution in [2.75, 3.05) is 11.9 Å². The lowest BCUT2D eigenvalue weighted by Crippen LogP contribution is -2.13. The highest BCUT2D eigenvalue weighted by Gasteiger charge is 2.10. The van der Waals surface area contributed by atoms with Crippen LogP contribution in [0.5, 0.6) is 5.75 Å². The van der Waals surface area contributed by atoms with E-state index in [9.17, 15) is 14.9 Å². The van der Waals surface area contributed by atoms with E-state index in [1.807, 2.05) is 13.0 Å². The van der Waals surface area contributed by atoms with E-state index in [0.717, 1.165) is 0 Å². The summed E-state index contributed by atoms with van der Waals surface area (Å²) in [4.78, 5) is 23.0. The summed E-state index contributed by atoms with van der Waals surface area (Å²) in [5.74, 6) is -0.977. The molecule has 0 spiro atoms. The topological polar surface area (TPSA) is 99.4 Å². The van der Waals surface area contributed by atoms with E-state index < -0.39 is 11.9 Å². The largest absolute Gasteiger partial charge is 0.494 e. The summed E-state index contributed by atoms with van der Waals surface area (Å²) in [6, 6.07) is 14.6. The number of aromatic carboxylic acids is 1. The predicted molar refractivity (Wildman–Crippen MR) is 93.2 cm³/mol. The molecule has 0 fully saturated rings. The van der Waals surface area contributed by atoms with Crippen molar-refractivity contribution in [2.45, 2.75) is 6.92 Å². The summed E-state index contributed by atoms with van der Waals surface area (Å²) >= 11 is 0. The maximum absolute atomic E-state index is 12.2. The van der Waals surface area contributed by atoms with Crippen LogP contribution >= 0.6 is 0 Å². The van der Waals surface area contributed by atoms with Gasteiger partial charge in [0.15, 0.2) is 0 Å². The number of nitrogens with zero attached hydrogens (tertiary/aromatic N) is 1. The molecule has 2 aromatic rings. The zero-order valence-electron chi connectivity index (χ0n) is 13.5. The lowest BCUT2D eigenvalue weighted by atomic mass is 10.1. The third kappa shape index (κ3) is 4.94. The molecule has 2 N–H and O–H groups in total. The van der Waals surface area contributed by atoms with Crippen LogP contribution in [0.4, 0.5) is 5.69 Å². The molecule has 0 unspecified atom stereocenters. The molecule has 126 valence electrons. The number of ether oxygens (including phenoxy) is 1.